The summed E-state index contributed by atoms with van der Waals surface area (Å²) in [6, 6.07) is 78.7. The van der Waals surface area contributed by atoms with E-state index in [0.717, 1.165) is 84.4 Å². The fraction of sp³-hybridized carbons (Fsp3) is 0.0725. The van der Waals surface area contributed by atoms with E-state index in [1.165, 1.54) is 55.0 Å². The fourth-order valence-electron chi connectivity index (χ4n) is 12.2. The minimum Gasteiger partial charge on any atom is -0.457 e. The lowest BCUT2D eigenvalue weighted by Gasteiger charge is -2.27. The zero-order chi connectivity index (χ0) is 50.6. The van der Waals surface area contributed by atoms with Gasteiger partial charge in [-0.25, -0.2) is 4.98 Å². The smallest absolute Gasteiger partial charge is 0.137 e. The number of para-hydroxylation sites is 3. The zero-order valence-electron chi connectivity index (χ0n) is 42.3. The van der Waals surface area contributed by atoms with Crippen molar-refractivity contribution in [2.75, 3.05) is 16.5 Å². The molecule has 0 saturated carbocycles. The number of hydrogen-bond acceptors (Lipinski definition) is 5. The molecule has 0 spiro atoms. The molecule has 362 valence electrons. The van der Waals surface area contributed by atoms with Crippen molar-refractivity contribution in [1.82, 2.24) is 19.1 Å². The molecular formula is C69H50N6O. The van der Waals surface area contributed by atoms with Gasteiger partial charge in [-0.05, 0) is 93.9 Å². The maximum atomic E-state index is 7.02. The van der Waals surface area contributed by atoms with Gasteiger partial charge in [-0.2, -0.15) is 0 Å². The van der Waals surface area contributed by atoms with Crippen LogP contribution in [0.1, 0.15) is 26.3 Å². The van der Waals surface area contributed by atoms with Crippen molar-refractivity contribution in [3.8, 4) is 67.5 Å². The maximum Gasteiger partial charge on any atom is 0.137 e. The van der Waals surface area contributed by atoms with Gasteiger partial charge in [-0.15, -0.1) is 0 Å². The van der Waals surface area contributed by atoms with Crippen LogP contribution in [0.25, 0.3) is 99.6 Å². The van der Waals surface area contributed by atoms with Crippen LogP contribution < -0.4 is 14.5 Å². The number of nitrogens with zero attached hydrogens (tertiary/aromatic N) is 6. The molecule has 0 aliphatic carbocycles. The third-order valence-corrected chi connectivity index (χ3v) is 15.6. The van der Waals surface area contributed by atoms with E-state index in [9.17, 15) is 0 Å². The predicted molar refractivity (Wildman–Crippen MR) is 313 cm³/mol. The van der Waals surface area contributed by atoms with E-state index in [1.807, 2.05) is 24.7 Å². The lowest BCUT2D eigenvalue weighted by Crippen LogP contribution is -2.25. The topological polar surface area (TPSA) is 51.4 Å². The van der Waals surface area contributed by atoms with E-state index < -0.39 is 0 Å². The molecule has 0 atom stereocenters. The summed E-state index contributed by atoms with van der Waals surface area (Å²) < 4.78 is 11.9. The fourth-order valence-corrected chi connectivity index (χ4v) is 12.2. The van der Waals surface area contributed by atoms with E-state index in [2.05, 4.69) is 257 Å². The second kappa shape index (κ2) is 16.9. The predicted octanol–water partition coefficient (Wildman–Crippen LogP) is 18.0. The molecule has 76 heavy (non-hydrogen) atoms. The molecule has 6 heterocycles. The molecule has 15 rings (SSSR count). The standard InChI is InChI=1S/C69H50N6O/c1-69(2,3)46-35-38-71-64(39-46)74-60-33-34-61-65(54-25-11-10-23-52(54)55-28-16-29-56-53-24-12-13-30-58(53)75(61)68(55)56)66(60)57-32-31-49(41-62(57)74)76-48-22-14-21-47(40-48)72-43-73(59-36-37-70-42-63(59)72)67-50(44-17-6-4-7-18-44)26-15-27-51(67)45-19-8-5-9-20-45/h4-42H,43H2,1-3H3. The summed E-state index contributed by atoms with van der Waals surface area (Å²) in [6.45, 7) is 7.35. The van der Waals surface area contributed by atoms with E-state index in [4.69, 9.17) is 9.72 Å². The first-order chi connectivity index (χ1) is 37.4. The average molecular weight is 979 g/mol. The quantitative estimate of drug-likeness (QED) is 0.159. The van der Waals surface area contributed by atoms with E-state index in [1.54, 1.807) is 0 Å². The van der Waals surface area contributed by atoms with Crippen LogP contribution in [0.2, 0.25) is 0 Å². The van der Waals surface area contributed by atoms with Gasteiger partial charge in [0.05, 0.1) is 51.0 Å². The second-order valence-electron chi connectivity index (χ2n) is 21.0. The summed E-state index contributed by atoms with van der Waals surface area (Å²) in [5, 5.41) is 4.79. The van der Waals surface area contributed by atoms with E-state index in [-0.39, 0.29) is 5.41 Å². The normalized spacial score (nSPS) is 12.8. The van der Waals surface area contributed by atoms with Crippen molar-refractivity contribution in [1.29, 1.82) is 0 Å². The van der Waals surface area contributed by atoms with Gasteiger partial charge in [-0.1, -0.05) is 166 Å². The highest BCUT2D eigenvalue weighted by molar-refractivity contribution is 6.23. The molecule has 0 unspecified atom stereocenters. The Bertz CT molecular complexity index is 4410. The average Bonchev–Trinajstić information content (AvgIpc) is 4.32. The maximum absolute atomic E-state index is 7.02. The zero-order valence-corrected chi connectivity index (χ0v) is 42.3. The first-order valence-corrected chi connectivity index (χ1v) is 26.1. The molecule has 7 heteroatoms. The highest BCUT2D eigenvalue weighted by Gasteiger charge is 2.33. The van der Waals surface area contributed by atoms with Gasteiger partial charge in [0, 0.05) is 74.0 Å². The number of pyridine rings is 2. The molecule has 0 fully saturated rings. The van der Waals surface area contributed by atoms with Gasteiger partial charge in [0.1, 0.15) is 24.0 Å². The Balaban J connectivity index is 0.880. The van der Waals surface area contributed by atoms with Gasteiger partial charge in [0.15, 0.2) is 0 Å². The molecule has 0 N–H and O–H groups in total. The van der Waals surface area contributed by atoms with Gasteiger partial charge in [0.2, 0.25) is 0 Å². The van der Waals surface area contributed by atoms with Crippen LogP contribution in [0.5, 0.6) is 11.5 Å². The highest BCUT2D eigenvalue weighted by Crippen LogP contribution is 2.53. The van der Waals surface area contributed by atoms with Gasteiger partial charge in [-0.3, -0.25) is 9.55 Å². The minimum absolute atomic E-state index is 0.0865. The van der Waals surface area contributed by atoms with Crippen LogP contribution >= 0.6 is 0 Å². The molecule has 4 aromatic heterocycles. The third kappa shape index (κ3) is 6.75. The molecule has 0 bridgehead atoms. The minimum atomic E-state index is -0.0865. The van der Waals surface area contributed by atoms with Gasteiger partial charge in [0.25, 0.3) is 0 Å². The Labute approximate surface area is 440 Å². The number of hydrogen-bond donors (Lipinski definition) is 0. The molecule has 2 aliphatic heterocycles. The summed E-state index contributed by atoms with van der Waals surface area (Å²) in [6.07, 6.45) is 5.82. The first kappa shape index (κ1) is 43.8. The van der Waals surface area contributed by atoms with Crippen LogP contribution in [0, 0.1) is 0 Å². The van der Waals surface area contributed by atoms with Crippen LogP contribution in [-0.2, 0) is 5.41 Å². The van der Waals surface area contributed by atoms with Crippen molar-refractivity contribution >= 4 is 66.4 Å². The van der Waals surface area contributed by atoms with Gasteiger partial charge < -0.3 is 19.1 Å². The molecule has 9 aromatic carbocycles. The Hall–Kier alpha value is -9.72. The SMILES string of the molecule is CC(C)(C)c1ccnc(-n2c3cc(Oc4cccc(N5CN(c6c(-c7ccccc7)cccc6-c6ccccc6)c6ccncc65)c4)ccc3c3c4c(ccc32)-n2c3ccccc3c3cccc(c32)-c2ccccc2-4)c1. The summed E-state index contributed by atoms with van der Waals surface area (Å²) in [5.74, 6) is 2.32. The van der Waals surface area contributed by atoms with Crippen LogP contribution in [0.4, 0.5) is 22.7 Å². The first-order valence-electron chi connectivity index (χ1n) is 26.1. The molecule has 0 saturated heterocycles. The molecule has 0 radical (unpaired) electrons. The summed E-state index contributed by atoms with van der Waals surface area (Å²) >= 11 is 0. The van der Waals surface area contributed by atoms with Crippen LogP contribution in [0.15, 0.2) is 237 Å². The van der Waals surface area contributed by atoms with Crippen molar-refractivity contribution in [2.24, 2.45) is 0 Å². The number of aromatic nitrogens is 4. The Morgan fingerprint density at radius 2 is 1.13 bits per heavy atom. The lowest BCUT2D eigenvalue weighted by atomic mass is 9.88. The van der Waals surface area contributed by atoms with Crippen molar-refractivity contribution in [3.05, 3.63) is 243 Å². The summed E-state index contributed by atoms with van der Waals surface area (Å²) in [4.78, 5) is 14.6. The molecule has 7 nitrogen and oxygen atoms in total. The monoisotopic (exact) mass is 978 g/mol. The van der Waals surface area contributed by atoms with Crippen molar-refractivity contribution in [3.63, 3.8) is 0 Å². The number of benzene rings is 9. The highest BCUT2D eigenvalue weighted by atomic mass is 16.5. The van der Waals surface area contributed by atoms with Crippen LogP contribution in [-0.4, -0.2) is 25.8 Å². The third-order valence-electron chi connectivity index (χ3n) is 15.6. The number of ether oxygens (including phenoxy) is 1. The summed E-state index contributed by atoms with van der Waals surface area (Å²) in [5.41, 5.74) is 20.5. The molecule has 0 amide bonds. The Morgan fingerprint density at radius 3 is 1.93 bits per heavy atom. The lowest BCUT2D eigenvalue weighted by molar-refractivity contribution is 0.483. The number of anilines is 4. The van der Waals surface area contributed by atoms with Crippen molar-refractivity contribution in [2.45, 2.75) is 26.2 Å². The largest absolute Gasteiger partial charge is 0.457 e. The second-order valence-corrected chi connectivity index (χ2v) is 21.0. The van der Waals surface area contributed by atoms with E-state index >= 15 is 0 Å². The molecular weight excluding hydrogens is 929 g/mol. The Morgan fingerprint density at radius 1 is 0.447 bits per heavy atom. The van der Waals surface area contributed by atoms with Crippen LogP contribution in [0.3, 0.4) is 0 Å². The number of rotatable bonds is 7. The van der Waals surface area contributed by atoms with Gasteiger partial charge >= 0.3 is 0 Å². The molecule has 13 aromatic rings. The summed E-state index contributed by atoms with van der Waals surface area (Å²) in [7, 11) is 0. The van der Waals surface area contributed by atoms with E-state index in [0.29, 0.717) is 6.67 Å². The molecule has 2 aliphatic rings. The van der Waals surface area contributed by atoms with Crippen molar-refractivity contribution < 1.29 is 4.74 Å². The number of fused-ring (bicyclic) bond motifs is 13. The Kier molecular flexibility index (Phi) is 9.75.